The second-order valence-electron chi connectivity index (χ2n) is 5.82. The van der Waals surface area contributed by atoms with E-state index in [9.17, 15) is 22.9 Å². The number of nitrogens with zero attached hydrogens (tertiary/aromatic N) is 3. The number of hydrogen-bond donors (Lipinski definition) is 1. The van der Waals surface area contributed by atoms with Crippen molar-refractivity contribution >= 4 is 21.2 Å². The normalized spacial score (nSPS) is 11.3. The predicted octanol–water partition coefficient (Wildman–Crippen LogP) is 2.94. The van der Waals surface area contributed by atoms with E-state index in [2.05, 4.69) is 10.3 Å². The van der Waals surface area contributed by atoms with Crippen LogP contribution in [-0.4, -0.2) is 29.1 Å². The fourth-order valence-electron chi connectivity index (χ4n) is 2.55. The number of halogens is 1. The maximum atomic E-state index is 14.3. The number of aromatic nitrogens is 2. The third-order valence-corrected chi connectivity index (χ3v) is 4.99. The molecule has 3 rings (SSSR count). The van der Waals surface area contributed by atoms with E-state index in [0.717, 1.165) is 12.3 Å². The van der Waals surface area contributed by atoms with Gasteiger partial charge >= 0.3 is 0 Å². The molecular formula is C17H15FN4O4S. The number of nitro benzene ring substituents is 1. The van der Waals surface area contributed by atoms with Gasteiger partial charge in [-0.25, -0.2) is 17.8 Å². The molecule has 0 aliphatic heterocycles. The fraction of sp³-hybridized carbons (Fsp3) is 0.118. The van der Waals surface area contributed by atoms with Gasteiger partial charge in [0, 0.05) is 37.3 Å². The topological polar surface area (TPSA) is 107 Å². The van der Waals surface area contributed by atoms with Crippen LogP contribution in [0.5, 0.6) is 0 Å². The van der Waals surface area contributed by atoms with E-state index in [1.54, 1.807) is 18.3 Å². The molecule has 0 amide bonds. The number of nitro groups is 1. The zero-order valence-electron chi connectivity index (χ0n) is 14.2. The number of non-ortho nitro benzene ring substituents is 1. The first-order valence-electron chi connectivity index (χ1n) is 7.75. The average molecular weight is 390 g/mol. The van der Waals surface area contributed by atoms with Crippen LogP contribution in [0.1, 0.15) is 5.56 Å². The Hall–Kier alpha value is -3.27. The first-order chi connectivity index (χ1) is 12.8. The molecule has 0 saturated carbocycles. The summed E-state index contributed by atoms with van der Waals surface area (Å²) in [5.41, 5.74) is 0.802. The predicted molar refractivity (Wildman–Crippen MR) is 97.1 cm³/mol. The van der Waals surface area contributed by atoms with E-state index >= 15 is 0 Å². The monoisotopic (exact) mass is 390 g/mol. The summed E-state index contributed by atoms with van der Waals surface area (Å²) >= 11 is 0. The van der Waals surface area contributed by atoms with Crippen LogP contribution in [0.2, 0.25) is 0 Å². The third-order valence-electron chi connectivity index (χ3n) is 3.85. The lowest BCUT2D eigenvalue weighted by Gasteiger charge is -2.12. The molecule has 8 nitrogen and oxygen atoms in total. The quantitative estimate of drug-likeness (QED) is 0.512. The summed E-state index contributed by atoms with van der Waals surface area (Å²) in [4.78, 5) is 13.9. The van der Waals surface area contributed by atoms with Crippen molar-refractivity contribution in [3.63, 3.8) is 0 Å². The van der Waals surface area contributed by atoms with E-state index in [0.29, 0.717) is 11.3 Å². The molecule has 0 aliphatic carbocycles. The van der Waals surface area contributed by atoms with E-state index in [1.165, 1.54) is 35.3 Å². The lowest BCUT2D eigenvalue weighted by atomic mass is 10.2. The Kier molecular flexibility index (Phi) is 4.91. The molecule has 0 atom stereocenters. The first-order valence-corrected chi connectivity index (χ1v) is 9.64. The van der Waals surface area contributed by atoms with Gasteiger partial charge in [0.25, 0.3) is 5.69 Å². The molecule has 1 heterocycles. The van der Waals surface area contributed by atoms with Gasteiger partial charge in [-0.05, 0) is 23.8 Å². The van der Waals surface area contributed by atoms with Gasteiger partial charge < -0.3 is 9.88 Å². The number of anilines is 1. The van der Waals surface area contributed by atoms with E-state index < -0.39 is 20.6 Å². The zero-order chi connectivity index (χ0) is 19.6. The van der Waals surface area contributed by atoms with Crippen LogP contribution in [-0.2, 0) is 16.4 Å². The number of sulfone groups is 1. The molecule has 0 saturated heterocycles. The smallest absolute Gasteiger partial charge is 0.270 e. The minimum absolute atomic E-state index is 0.140. The number of hydrogen-bond acceptors (Lipinski definition) is 6. The number of benzene rings is 2. The molecular weight excluding hydrogens is 375 g/mol. The van der Waals surface area contributed by atoms with E-state index in [-0.39, 0.29) is 22.8 Å². The first kappa shape index (κ1) is 18.5. The summed E-state index contributed by atoms with van der Waals surface area (Å²) in [5.74, 6) is -0.459. The maximum Gasteiger partial charge on any atom is 0.270 e. The zero-order valence-corrected chi connectivity index (χ0v) is 15.0. The lowest BCUT2D eigenvalue weighted by molar-refractivity contribution is -0.385. The van der Waals surface area contributed by atoms with Gasteiger partial charge in [-0.3, -0.25) is 10.1 Å². The van der Waals surface area contributed by atoms with Crippen LogP contribution in [0.25, 0.3) is 5.69 Å². The Morgan fingerprint density at radius 1 is 1.26 bits per heavy atom. The number of imidazole rings is 1. The molecule has 0 fully saturated rings. The van der Waals surface area contributed by atoms with Crippen LogP contribution in [0.3, 0.4) is 0 Å². The van der Waals surface area contributed by atoms with Gasteiger partial charge in [0.1, 0.15) is 5.82 Å². The molecule has 0 radical (unpaired) electrons. The van der Waals surface area contributed by atoms with Crippen LogP contribution in [0.4, 0.5) is 15.8 Å². The minimum Gasteiger partial charge on any atom is -0.380 e. The molecule has 0 aliphatic rings. The van der Waals surface area contributed by atoms with Crippen LogP contribution in [0.15, 0.2) is 60.0 Å². The molecule has 27 heavy (non-hydrogen) atoms. The number of rotatable bonds is 6. The molecule has 1 N–H and O–H groups in total. The molecule has 1 aromatic heterocycles. The Morgan fingerprint density at radius 3 is 2.63 bits per heavy atom. The Labute approximate surface area is 154 Å². The average Bonchev–Trinajstić information content (AvgIpc) is 3.13. The molecule has 0 unspecified atom stereocenters. The van der Waals surface area contributed by atoms with Gasteiger partial charge in [-0.15, -0.1) is 0 Å². The van der Waals surface area contributed by atoms with Gasteiger partial charge in [-0.1, -0.05) is 6.07 Å². The van der Waals surface area contributed by atoms with Crippen molar-refractivity contribution in [3.8, 4) is 5.69 Å². The SMILES string of the molecule is CS(=O)(=O)c1cc([N+](=O)[O-])ccc1NCc1ccc(-n2ccnc2)c(F)c1. The standard InChI is InChI=1S/C17H15FN4O4S/c1-27(25,26)17-9-13(22(23)24)3-4-15(17)20-10-12-2-5-16(14(18)8-12)21-7-6-19-11-21/h2-9,11,20H,10H2,1H3. The summed E-state index contributed by atoms with van der Waals surface area (Å²) in [6.07, 6.45) is 5.60. The Morgan fingerprint density at radius 2 is 2.04 bits per heavy atom. The van der Waals surface area contributed by atoms with Crippen molar-refractivity contribution in [1.29, 1.82) is 0 Å². The van der Waals surface area contributed by atoms with E-state index in [4.69, 9.17) is 0 Å². The largest absolute Gasteiger partial charge is 0.380 e. The van der Waals surface area contributed by atoms with Crippen molar-refractivity contribution in [2.24, 2.45) is 0 Å². The van der Waals surface area contributed by atoms with Gasteiger partial charge in [0.15, 0.2) is 9.84 Å². The van der Waals surface area contributed by atoms with Crippen molar-refractivity contribution in [2.45, 2.75) is 11.4 Å². The van der Waals surface area contributed by atoms with Gasteiger partial charge in [0.05, 0.1) is 27.5 Å². The van der Waals surface area contributed by atoms with Crippen LogP contribution < -0.4 is 5.32 Å². The second kappa shape index (κ2) is 7.16. The Bertz CT molecular complexity index is 1100. The lowest BCUT2D eigenvalue weighted by Crippen LogP contribution is -2.07. The van der Waals surface area contributed by atoms with E-state index in [1.807, 2.05) is 0 Å². The summed E-state index contributed by atoms with van der Waals surface area (Å²) in [6.45, 7) is 0.140. The highest BCUT2D eigenvalue weighted by molar-refractivity contribution is 7.90. The summed E-state index contributed by atoms with van der Waals surface area (Å²) in [6, 6.07) is 8.14. The highest BCUT2D eigenvalue weighted by Gasteiger charge is 2.18. The molecule has 0 bridgehead atoms. The van der Waals surface area contributed by atoms with Crippen molar-refractivity contribution in [1.82, 2.24) is 9.55 Å². The van der Waals surface area contributed by atoms with Crippen LogP contribution >= 0.6 is 0 Å². The van der Waals surface area contributed by atoms with Crippen molar-refractivity contribution < 1.29 is 17.7 Å². The minimum atomic E-state index is -3.69. The summed E-state index contributed by atoms with van der Waals surface area (Å²) < 4.78 is 39.7. The third kappa shape index (κ3) is 4.11. The molecule has 10 heteroatoms. The van der Waals surface area contributed by atoms with Crippen molar-refractivity contribution in [3.05, 3.63) is 76.6 Å². The second-order valence-corrected chi connectivity index (χ2v) is 7.80. The van der Waals surface area contributed by atoms with Crippen molar-refractivity contribution in [2.75, 3.05) is 11.6 Å². The van der Waals surface area contributed by atoms with Crippen LogP contribution in [0, 0.1) is 15.9 Å². The highest BCUT2D eigenvalue weighted by Crippen LogP contribution is 2.27. The summed E-state index contributed by atoms with van der Waals surface area (Å²) in [7, 11) is -3.69. The Balaban J connectivity index is 1.85. The molecule has 0 spiro atoms. The molecule has 140 valence electrons. The van der Waals surface area contributed by atoms with Gasteiger partial charge in [-0.2, -0.15) is 0 Å². The highest BCUT2D eigenvalue weighted by atomic mass is 32.2. The van der Waals surface area contributed by atoms with Gasteiger partial charge in [0.2, 0.25) is 0 Å². The maximum absolute atomic E-state index is 14.3. The molecule has 3 aromatic rings. The fourth-order valence-corrected chi connectivity index (χ4v) is 3.42. The molecule has 2 aromatic carbocycles. The summed E-state index contributed by atoms with van der Waals surface area (Å²) in [5, 5.41) is 13.8. The number of nitrogens with one attached hydrogen (secondary N) is 1.